The van der Waals surface area contributed by atoms with Crippen molar-refractivity contribution < 1.29 is 22.8 Å². The van der Waals surface area contributed by atoms with Crippen LogP contribution in [-0.2, 0) is 22.2 Å². The molecular formula is C19H18F3N3O2S2. The third-order valence-corrected chi connectivity index (χ3v) is 7.61. The molecular weight excluding hydrogens is 423 g/mol. The Bertz CT molecular complexity index is 945. The third-order valence-electron chi connectivity index (χ3n) is 5.19. The van der Waals surface area contributed by atoms with E-state index in [1.807, 2.05) is 6.92 Å². The van der Waals surface area contributed by atoms with E-state index in [1.165, 1.54) is 23.5 Å². The monoisotopic (exact) mass is 441 g/mol. The summed E-state index contributed by atoms with van der Waals surface area (Å²) in [7, 11) is 0. The highest BCUT2D eigenvalue weighted by atomic mass is 32.2. The molecule has 2 aliphatic rings. The number of thioether (sulfide) groups is 1. The van der Waals surface area contributed by atoms with Crippen LogP contribution in [0.15, 0.2) is 30.5 Å². The zero-order chi connectivity index (χ0) is 20.8. The van der Waals surface area contributed by atoms with Crippen LogP contribution in [0.2, 0.25) is 0 Å². The molecule has 0 bridgehead atoms. The minimum atomic E-state index is -4.36. The molecule has 29 heavy (non-hydrogen) atoms. The van der Waals surface area contributed by atoms with Gasteiger partial charge in [0, 0.05) is 29.7 Å². The first-order valence-electron chi connectivity index (χ1n) is 9.03. The van der Waals surface area contributed by atoms with Crippen molar-refractivity contribution >= 4 is 40.0 Å². The molecule has 3 heterocycles. The van der Waals surface area contributed by atoms with Crippen LogP contribution in [0.1, 0.15) is 35.8 Å². The van der Waals surface area contributed by atoms with Crippen molar-refractivity contribution in [2.45, 2.75) is 43.3 Å². The number of halogens is 3. The summed E-state index contributed by atoms with van der Waals surface area (Å²) in [6.45, 7) is 1.99. The van der Waals surface area contributed by atoms with E-state index < -0.39 is 17.8 Å². The molecule has 1 N–H and O–H groups in total. The fourth-order valence-corrected chi connectivity index (χ4v) is 5.94. The highest BCUT2D eigenvalue weighted by molar-refractivity contribution is 8.01. The fraction of sp³-hybridized carbons (Fsp3) is 0.421. The van der Waals surface area contributed by atoms with Gasteiger partial charge in [0.1, 0.15) is 6.04 Å². The van der Waals surface area contributed by atoms with Gasteiger partial charge in [-0.2, -0.15) is 13.2 Å². The lowest BCUT2D eigenvalue weighted by molar-refractivity contribution is -0.137. The Morgan fingerprint density at radius 2 is 2.07 bits per heavy atom. The molecule has 2 fully saturated rings. The second-order valence-electron chi connectivity index (χ2n) is 7.26. The summed E-state index contributed by atoms with van der Waals surface area (Å²) in [6.07, 6.45) is -1.12. The predicted octanol–water partition coefficient (Wildman–Crippen LogP) is 4.15. The van der Waals surface area contributed by atoms with Crippen molar-refractivity contribution in [2.24, 2.45) is 0 Å². The molecule has 2 atom stereocenters. The van der Waals surface area contributed by atoms with Crippen LogP contribution in [0, 0.1) is 0 Å². The zero-order valence-corrected chi connectivity index (χ0v) is 17.1. The van der Waals surface area contributed by atoms with Crippen molar-refractivity contribution in [3.8, 4) is 0 Å². The number of hydrogen-bond donors (Lipinski definition) is 1. The number of alkyl halides is 3. The van der Waals surface area contributed by atoms with Crippen LogP contribution in [0.5, 0.6) is 0 Å². The Balaban J connectivity index is 1.39. The lowest BCUT2D eigenvalue weighted by atomic mass is 10.1. The van der Waals surface area contributed by atoms with Gasteiger partial charge in [-0.3, -0.25) is 9.59 Å². The van der Waals surface area contributed by atoms with Gasteiger partial charge >= 0.3 is 6.18 Å². The number of benzene rings is 1. The molecule has 2 aliphatic heterocycles. The Morgan fingerprint density at radius 3 is 2.76 bits per heavy atom. The van der Waals surface area contributed by atoms with Gasteiger partial charge in [-0.05, 0) is 31.0 Å². The van der Waals surface area contributed by atoms with Gasteiger partial charge in [0.25, 0.3) is 0 Å². The van der Waals surface area contributed by atoms with E-state index in [1.54, 1.807) is 22.9 Å². The van der Waals surface area contributed by atoms with Crippen LogP contribution in [0.4, 0.5) is 18.3 Å². The smallest absolute Gasteiger partial charge is 0.315 e. The van der Waals surface area contributed by atoms with E-state index in [0.717, 1.165) is 29.0 Å². The molecule has 1 aromatic heterocycles. The zero-order valence-electron chi connectivity index (χ0n) is 15.5. The molecule has 5 nitrogen and oxygen atoms in total. The number of nitrogens with zero attached hydrogens (tertiary/aromatic N) is 2. The van der Waals surface area contributed by atoms with Gasteiger partial charge in [0.15, 0.2) is 5.13 Å². The lowest BCUT2D eigenvalue weighted by Crippen LogP contribution is -2.48. The number of nitrogens with one attached hydrogen (secondary N) is 1. The molecule has 0 saturated carbocycles. The minimum absolute atomic E-state index is 0.000202. The standard InChI is InChI=1S/C19H18F3N3O2S2/c1-18-7-6-15(26)25(18)14(10-28-18)16(27)24-17-23-9-13(29-17)8-11-2-4-12(5-3-11)19(20,21)22/h2-5,9,14H,6-8,10H2,1H3,(H,23,24,27)/t14-,18-/m1/s1. The molecule has 2 saturated heterocycles. The van der Waals surface area contributed by atoms with Gasteiger partial charge in [-0.25, -0.2) is 4.98 Å². The molecule has 4 rings (SSSR count). The number of rotatable bonds is 4. The molecule has 1 aromatic carbocycles. The number of carbonyl (C=O) groups is 2. The number of amides is 2. The van der Waals surface area contributed by atoms with Crippen molar-refractivity contribution in [1.29, 1.82) is 0 Å². The molecule has 10 heteroatoms. The highest BCUT2D eigenvalue weighted by Crippen LogP contribution is 2.47. The van der Waals surface area contributed by atoms with Crippen LogP contribution in [0.3, 0.4) is 0 Å². The van der Waals surface area contributed by atoms with Crippen LogP contribution >= 0.6 is 23.1 Å². The second kappa shape index (κ2) is 7.32. The van der Waals surface area contributed by atoms with Gasteiger partial charge in [-0.1, -0.05) is 12.1 Å². The van der Waals surface area contributed by atoms with Crippen LogP contribution in [-0.4, -0.2) is 38.4 Å². The maximum Gasteiger partial charge on any atom is 0.416 e. The van der Waals surface area contributed by atoms with E-state index in [-0.39, 0.29) is 16.7 Å². The minimum Gasteiger partial charge on any atom is -0.315 e. The summed E-state index contributed by atoms with van der Waals surface area (Å²) in [6, 6.07) is 4.48. The molecule has 0 spiro atoms. The summed E-state index contributed by atoms with van der Waals surface area (Å²) in [5.74, 6) is 0.296. The number of hydrogen-bond acceptors (Lipinski definition) is 5. The SMILES string of the molecule is C[C@@]12CCC(=O)N1[C@@H](C(=O)Nc1ncc(Cc3ccc(C(F)(F)F)cc3)s1)CS2. The lowest BCUT2D eigenvalue weighted by Gasteiger charge is -2.29. The van der Waals surface area contributed by atoms with Crippen molar-refractivity contribution in [3.63, 3.8) is 0 Å². The highest BCUT2D eigenvalue weighted by Gasteiger charge is 2.52. The first-order valence-corrected chi connectivity index (χ1v) is 10.8. The number of carbonyl (C=O) groups excluding carboxylic acids is 2. The molecule has 2 amide bonds. The van der Waals surface area contributed by atoms with Crippen LogP contribution in [0.25, 0.3) is 0 Å². The summed E-state index contributed by atoms with van der Waals surface area (Å²) >= 11 is 2.90. The summed E-state index contributed by atoms with van der Waals surface area (Å²) in [4.78, 5) is 31.3. The summed E-state index contributed by atoms with van der Waals surface area (Å²) in [5.41, 5.74) is 0.0431. The largest absolute Gasteiger partial charge is 0.416 e. The normalized spacial score (nSPS) is 24.1. The Labute approximate surface area is 173 Å². The molecule has 0 unspecified atom stereocenters. The average molecular weight is 442 g/mol. The average Bonchev–Trinajstić information content (AvgIpc) is 3.31. The van der Waals surface area contributed by atoms with E-state index in [4.69, 9.17) is 0 Å². The Morgan fingerprint density at radius 1 is 1.34 bits per heavy atom. The number of thiazole rings is 1. The number of fused-ring (bicyclic) bond motifs is 1. The van der Waals surface area contributed by atoms with Gasteiger partial charge in [-0.15, -0.1) is 23.1 Å². The number of anilines is 1. The first-order chi connectivity index (χ1) is 13.7. The van der Waals surface area contributed by atoms with Crippen molar-refractivity contribution in [3.05, 3.63) is 46.5 Å². The Hall–Kier alpha value is -2.07. The quantitative estimate of drug-likeness (QED) is 0.775. The maximum atomic E-state index is 12.7. The van der Waals surface area contributed by atoms with E-state index in [0.29, 0.717) is 23.7 Å². The fourth-order valence-electron chi connectivity index (χ4n) is 3.66. The van der Waals surface area contributed by atoms with Crippen molar-refractivity contribution in [2.75, 3.05) is 11.1 Å². The molecule has 2 aromatic rings. The molecule has 154 valence electrons. The van der Waals surface area contributed by atoms with Gasteiger partial charge in [0.05, 0.1) is 10.4 Å². The van der Waals surface area contributed by atoms with E-state index >= 15 is 0 Å². The maximum absolute atomic E-state index is 12.7. The molecule has 0 radical (unpaired) electrons. The predicted molar refractivity (Wildman–Crippen MR) is 106 cm³/mol. The second-order valence-corrected chi connectivity index (χ2v) is 9.87. The van der Waals surface area contributed by atoms with E-state index in [9.17, 15) is 22.8 Å². The van der Waals surface area contributed by atoms with Crippen molar-refractivity contribution in [1.82, 2.24) is 9.88 Å². The van der Waals surface area contributed by atoms with Crippen LogP contribution < -0.4 is 5.32 Å². The first kappa shape index (κ1) is 20.2. The van der Waals surface area contributed by atoms with Gasteiger partial charge in [0.2, 0.25) is 11.8 Å². The number of aromatic nitrogens is 1. The third kappa shape index (κ3) is 4.00. The van der Waals surface area contributed by atoms with Gasteiger partial charge < -0.3 is 10.2 Å². The summed E-state index contributed by atoms with van der Waals surface area (Å²) < 4.78 is 38.0. The topological polar surface area (TPSA) is 62.3 Å². The Kier molecular flexibility index (Phi) is 5.10. The van der Waals surface area contributed by atoms with E-state index in [2.05, 4.69) is 10.3 Å². The molecule has 0 aliphatic carbocycles. The summed E-state index contributed by atoms with van der Waals surface area (Å²) in [5, 5.41) is 3.20.